The minimum absolute atomic E-state index is 0.0508. The van der Waals surface area contributed by atoms with Crippen molar-refractivity contribution in [3.8, 4) is 0 Å². The zero-order chi connectivity index (χ0) is 19.3. The lowest BCUT2D eigenvalue weighted by atomic mass is 9.79. The Labute approximate surface area is 166 Å². The van der Waals surface area contributed by atoms with Crippen molar-refractivity contribution in [1.29, 1.82) is 0 Å². The monoisotopic (exact) mass is 388 g/mol. The van der Waals surface area contributed by atoms with Crippen molar-refractivity contribution in [2.45, 2.75) is 57.3 Å². The summed E-state index contributed by atoms with van der Waals surface area (Å²) in [5.41, 5.74) is 1.94. The smallest absolute Gasteiger partial charge is 0.213 e. The number of hydrogen-bond donors (Lipinski definition) is 1. The molecule has 0 aromatic heterocycles. The minimum Gasteiger partial charge on any atom is -0.336 e. The molecule has 1 atom stereocenters. The first kappa shape index (κ1) is 20.2. The van der Waals surface area contributed by atoms with Gasteiger partial charge in [-0.2, -0.15) is 4.55 Å². The molecule has 2 nitrogen and oxygen atoms in total. The summed E-state index contributed by atoms with van der Waals surface area (Å²) in [4.78, 5) is 3.11. The minimum atomic E-state index is -0.870. The Morgan fingerprint density at radius 2 is 1.70 bits per heavy atom. The summed E-state index contributed by atoms with van der Waals surface area (Å²) in [5, 5.41) is 0. The number of fused-ring (bicyclic) bond motifs is 1. The standard InChI is InChI=1S/C23H31FNOS/c1-3-5-14-23(15-6-4-2)17-25(20-10-8-7-9-11-20)21-16-19(24)12-13-22(21)27(26)18-23/h7-13,16,26H,3-6,14-15,17-18H2,1-2H3/q+1. The fourth-order valence-corrected chi connectivity index (χ4v) is 5.86. The predicted molar refractivity (Wildman–Crippen MR) is 114 cm³/mol. The Kier molecular flexibility index (Phi) is 6.83. The number of benzene rings is 2. The van der Waals surface area contributed by atoms with Crippen LogP contribution in [0.15, 0.2) is 53.4 Å². The normalized spacial score (nSPS) is 18.8. The average Bonchev–Trinajstić information content (AvgIpc) is 2.80. The van der Waals surface area contributed by atoms with Gasteiger partial charge in [-0.05, 0) is 31.0 Å². The van der Waals surface area contributed by atoms with Gasteiger partial charge in [-0.3, -0.25) is 0 Å². The molecule has 2 aromatic carbocycles. The average molecular weight is 389 g/mol. The van der Waals surface area contributed by atoms with Crippen molar-refractivity contribution < 1.29 is 8.94 Å². The van der Waals surface area contributed by atoms with Gasteiger partial charge in [0.25, 0.3) is 0 Å². The largest absolute Gasteiger partial charge is 0.336 e. The molecule has 27 heavy (non-hydrogen) atoms. The zero-order valence-electron chi connectivity index (χ0n) is 16.5. The topological polar surface area (TPSA) is 23.5 Å². The number of nitrogens with zero attached hydrogens (tertiary/aromatic N) is 1. The number of hydrogen-bond acceptors (Lipinski definition) is 2. The Balaban J connectivity index is 2.08. The Hall–Kier alpha value is -1.52. The Bertz CT molecular complexity index is 728. The van der Waals surface area contributed by atoms with E-state index in [1.54, 1.807) is 12.1 Å². The third-order valence-electron chi connectivity index (χ3n) is 5.59. The molecule has 0 bridgehead atoms. The molecule has 146 valence electrons. The van der Waals surface area contributed by atoms with Crippen LogP contribution in [0, 0.1) is 11.2 Å². The maximum atomic E-state index is 14.1. The molecule has 2 aromatic rings. The van der Waals surface area contributed by atoms with E-state index < -0.39 is 11.2 Å². The summed E-state index contributed by atoms with van der Waals surface area (Å²) >= 11 is -0.870. The number of para-hydroxylation sites is 1. The van der Waals surface area contributed by atoms with E-state index in [9.17, 15) is 8.94 Å². The van der Waals surface area contributed by atoms with E-state index in [0.29, 0.717) is 0 Å². The van der Waals surface area contributed by atoms with E-state index in [2.05, 4.69) is 30.9 Å². The van der Waals surface area contributed by atoms with Crippen molar-refractivity contribution in [1.82, 2.24) is 0 Å². The number of unbranched alkanes of at least 4 members (excludes halogenated alkanes) is 2. The van der Waals surface area contributed by atoms with Crippen molar-refractivity contribution >= 4 is 22.6 Å². The molecule has 3 rings (SSSR count). The summed E-state index contributed by atoms with van der Waals surface area (Å²) in [6.45, 7) is 5.28. The van der Waals surface area contributed by atoms with E-state index in [1.807, 2.05) is 18.2 Å². The van der Waals surface area contributed by atoms with E-state index in [1.165, 1.54) is 6.07 Å². The second-order valence-electron chi connectivity index (χ2n) is 7.75. The van der Waals surface area contributed by atoms with E-state index in [0.717, 1.165) is 67.1 Å². The third kappa shape index (κ3) is 4.67. The first-order valence-electron chi connectivity index (χ1n) is 10.1. The lowest BCUT2D eigenvalue weighted by Crippen LogP contribution is -2.38. The SMILES string of the molecule is CCCCC1(CCCC)CN(c2ccccc2)c2cc(F)ccc2[S+](O)C1. The highest BCUT2D eigenvalue weighted by Gasteiger charge is 2.45. The van der Waals surface area contributed by atoms with Gasteiger partial charge < -0.3 is 4.90 Å². The van der Waals surface area contributed by atoms with Crippen LogP contribution in [-0.4, -0.2) is 16.9 Å². The van der Waals surface area contributed by atoms with Gasteiger partial charge in [-0.25, -0.2) is 4.39 Å². The van der Waals surface area contributed by atoms with E-state index in [-0.39, 0.29) is 11.2 Å². The van der Waals surface area contributed by atoms with Gasteiger partial charge >= 0.3 is 0 Å². The molecule has 1 aliphatic rings. The molecule has 1 aliphatic heterocycles. The highest BCUT2D eigenvalue weighted by molar-refractivity contribution is 7.91. The van der Waals surface area contributed by atoms with Gasteiger partial charge in [-0.1, -0.05) is 57.7 Å². The van der Waals surface area contributed by atoms with E-state index in [4.69, 9.17) is 0 Å². The Morgan fingerprint density at radius 3 is 2.33 bits per heavy atom. The van der Waals surface area contributed by atoms with Crippen LogP contribution in [0.25, 0.3) is 0 Å². The maximum Gasteiger partial charge on any atom is 0.213 e. The molecule has 1 unspecified atom stereocenters. The molecule has 0 saturated heterocycles. The first-order chi connectivity index (χ1) is 13.1. The van der Waals surface area contributed by atoms with Crippen LogP contribution in [0.4, 0.5) is 15.8 Å². The number of anilines is 2. The lowest BCUT2D eigenvalue weighted by molar-refractivity contribution is 0.270. The lowest BCUT2D eigenvalue weighted by Gasteiger charge is -2.35. The number of rotatable bonds is 7. The van der Waals surface area contributed by atoms with Crippen molar-refractivity contribution in [3.63, 3.8) is 0 Å². The van der Waals surface area contributed by atoms with E-state index >= 15 is 0 Å². The fraction of sp³-hybridized carbons (Fsp3) is 0.478. The van der Waals surface area contributed by atoms with Crippen LogP contribution in [0.3, 0.4) is 0 Å². The molecule has 0 fully saturated rings. The molecule has 0 radical (unpaired) electrons. The van der Waals surface area contributed by atoms with Gasteiger partial charge in [0.2, 0.25) is 4.90 Å². The molecule has 4 heteroatoms. The molecule has 1 N–H and O–H groups in total. The van der Waals surface area contributed by atoms with Gasteiger partial charge in [0, 0.05) is 29.8 Å². The summed E-state index contributed by atoms with van der Waals surface area (Å²) < 4.78 is 25.2. The summed E-state index contributed by atoms with van der Waals surface area (Å²) in [6.07, 6.45) is 6.84. The van der Waals surface area contributed by atoms with Crippen molar-refractivity contribution in [2.75, 3.05) is 17.2 Å². The molecule has 1 heterocycles. The second-order valence-corrected chi connectivity index (χ2v) is 9.21. The van der Waals surface area contributed by atoms with Crippen molar-refractivity contribution in [2.24, 2.45) is 5.41 Å². The fourth-order valence-electron chi connectivity index (χ4n) is 4.10. The summed E-state index contributed by atoms with van der Waals surface area (Å²) in [5.74, 6) is 0.524. The van der Waals surface area contributed by atoms with Crippen LogP contribution in [-0.2, 0) is 11.2 Å². The van der Waals surface area contributed by atoms with Crippen LogP contribution in [0.1, 0.15) is 52.4 Å². The molecular formula is C23H31FNOS+. The van der Waals surface area contributed by atoms with Gasteiger partial charge in [0.15, 0.2) is 16.9 Å². The molecule has 0 amide bonds. The highest BCUT2D eigenvalue weighted by Crippen LogP contribution is 2.44. The molecule has 0 saturated carbocycles. The quantitative estimate of drug-likeness (QED) is 0.528. The summed E-state index contributed by atoms with van der Waals surface area (Å²) in [6, 6.07) is 15.1. The van der Waals surface area contributed by atoms with Crippen LogP contribution < -0.4 is 4.90 Å². The first-order valence-corrected chi connectivity index (χ1v) is 11.5. The third-order valence-corrected chi connectivity index (χ3v) is 7.33. The van der Waals surface area contributed by atoms with Gasteiger partial charge in [0.1, 0.15) is 11.5 Å². The maximum absolute atomic E-state index is 14.1. The van der Waals surface area contributed by atoms with Crippen LogP contribution in [0.2, 0.25) is 0 Å². The predicted octanol–water partition coefficient (Wildman–Crippen LogP) is 6.79. The molecular weight excluding hydrogens is 357 g/mol. The summed E-state index contributed by atoms with van der Waals surface area (Å²) in [7, 11) is 0. The van der Waals surface area contributed by atoms with Gasteiger partial charge in [0.05, 0.1) is 0 Å². The van der Waals surface area contributed by atoms with Crippen LogP contribution >= 0.6 is 0 Å². The highest BCUT2D eigenvalue weighted by atomic mass is 32.2. The van der Waals surface area contributed by atoms with Crippen molar-refractivity contribution in [3.05, 3.63) is 54.3 Å². The number of halogens is 1. The molecule has 0 aliphatic carbocycles. The van der Waals surface area contributed by atoms with Crippen LogP contribution in [0.5, 0.6) is 0 Å². The zero-order valence-corrected chi connectivity index (χ0v) is 17.3. The molecule has 0 spiro atoms. The Morgan fingerprint density at radius 1 is 1.04 bits per heavy atom. The second kappa shape index (κ2) is 9.11. The van der Waals surface area contributed by atoms with Gasteiger partial charge in [-0.15, -0.1) is 0 Å².